The quantitative estimate of drug-likeness (QED) is 0.0163. The number of benzene rings is 6. The van der Waals surface area contributed by atoms with Crippen molar-refractivity contribution in [1.82, 2.24) is 5.48 Å². The lowest BCUT2D eigenvalue weighted by Gasteiger charge is -2.25. The Hall–Kier alpha value is -7.41. The summed E-state index contributed by atoms with van der Waals surface area (Å²) in [6, 6.07) is 38.2. The molecule has 1 amide bonds. The first kappa shape index (κ1) is 58.2. The molecule has 1 aliphatic rings. The number of nitrogens with one attached hydrogen (secondary N) is 2. The molecule has 7 rings (SSSR count). The third-order valence-corrected chi connectivity index (χ3v) is 14.8. The fraction of sp³-hybridized carbons (Fsp3) is 0.140. The highest BCUT2D eigenvalue weighted by Crippen LogP contribution is 2.44. The molecule has 0 fully saturated rings. The standard InChI is InChI=1S/C17H17NO5S.C16H16N2O5S.C10H9ClO4S.C7H9NO/c1-23-17(20)10-9-14-6-2-3-8-16(14)24(21,22)18-15-7-4-5-13(11-15)12-19;19-10-11-4-3-5-12(8-11)18-14(9-16(20)17-21)13-6-1-2-7-15(13)24(18,22)23;1-15-10(12)7-6-8-4-2-3-5-9(8)16(11,13)14;8-7-3-1-2-6(4-7)5-9/h2-11,18-19H,12H2,1H3;1-8,14,19,21H,9-10H2,(H,17,20);2-7H,1H3;1-4,9H,5,8H2/b10-9+;;7-6+;. The zero-order valence-electron chi connectivity index (χ0n) is 39.0. The Morgan fingerprint density at radius 3 is 1.70 bits per heavy atom. The summed E-state index contributed by atoms with van der Waals surface area (Å²) in [6.07, 6.45) is 4.77. The average molecular weight is 1080 g/mol. The predicted octanol–water partition coefficient (Wildman–Crippen LogP) is 6.05. The molecule has 0 aromatic heterocycles. The summed E-state index contributed by atoms with van der Waals surface area (Å²) >= 11 is 0. The average Bonchev–Trinajstić information content (AvgIpc) is 3.61. The first-order valence-corrected chi connectivity index (χ1v) is 26.5. The number of nitrogen functional groups attached to an aromatic ring is 1. The normalized spacial score (nSPS) is 13.5. The lowest BCUT2D eigenvalue weighted by molar-refractivity contribution is -0.135. The third-order valence-electron chi connectivity index (χ3n) is 10.0. The molecule has 73 heavy (non-hydrogen) atoms. The van der Waals surface area contributed by atoms with Gasteiger partial charge in [-0.15, -0.1) is 0 Å². The number of carbonyl (C=O) groups excluding carboxylic acids is 3. The van der Waals surface area contributed by atoms with Gasteiger partial charge in [-0.1, -0.05) is 91.0 Å². The number of hydrogen-bond acceptors (Lipinski definition) is 16. The van der Waals surface area contributed by atoms with Gasteiger partial charge in [0.05, 0.1) is 66.9 Å². The largest absolute Gasteiger partial charge is 0.466 e. The number of esters is 2. The van der Waals surface area contributed by atoms with E-state index < -0.39 is 53.0 Å². The molecular weight excluding hydrogens is 1030 g/mol. The van der Waals surface area contributed by atoms with Crippen LogP contribution in [0.4, 0.5) is 17.1 Å². The Morgan fingerprint density at radius 1 is 0.671 bits per heavy atom. The van der Waals surface area contributed by atoms with Crippen LogP contribution in [0.5, 0.6) is 0 Å². The van der Waals surface area contributed by atoms with Crippen molar-refractivity contribution < 1.29 is 69.6 Å². The van der Waals surface area contributed by atoms with Crippen molar-refractivity contribution in [2.75, 3.05) is 29.0 Å². The number of rotatable bonds is 14. The summed E-state index contributed by atoms with van der Waals surface area (Å²) in [6.45, 7) is -0.352. The molecule has 6 aromatic rings. The van der Waals surface area contributed by atoms with E-state index in [0.717, 1.165) is 22.0 Å². The van der Waals surface area contributed by atoms with Gasteiger partial charge in [-0.25, -0.2) is 40.3 Å². The van der Waals surface area contributed by atoms with Crippen molar-refractivity contribution in [3.05, 3.63) is 191 Å². The third kappa shape index (κ3) is 16.8. The number of hydroxylamine groups is 1. The SMILES string of the molecule is COC(=O)/C=C/c1ccccc1S(=O)(=O)Cl.COC(=O)/C=C/c1ccccc1S(=O)(=O)Nc1cccc(CO)c1.Nc1cccc(CO)c1.O=C(CC1c2ccccc2S(=O)(=O)N1c1cccc(CO)c1)NO. The summed E-state index contributed by atoms with van der Waals surface area (Å²) in [5.74, 6) is -1.83. The van der Waals surface area contributed by atoms with E-state index in [1.54, 1.807) is 115 Å². The van der Waals surface area contributed by atoms with E-state index in [0.29, 0.717) is 44.9 Å². The van der Waals surface area contributed by atoms with E-state index in [-0.39, 0.29) is 40.9 Å². The highest BCUT2D eigenvalue weighted by Gasteiger charge is 2.43. The molecule has 0 saturated carbocycles. The second-order valence-corrected chi connectivity index (χ2v) is 21.0. The highest BCUT2D eigenvalue weighted by atomic mass is 35.7. The number of anilines is 3. The van der Waals surface area contributed by atoms with Gasteiger partial charge >= 0.3 is 11.9 Å². The topological polar surface area (TPSA) is 306 Å². The van der Waals surface area contributed by atoms with E-state index >= 15 is 0 Å². The van der Waals surface area contributed by atoms with Crippen LogP contribution in [0.2, 0.25) is 0 Å². The minimum absolute atomic E-state index is 0.0274. The molecule has 1 heterocycles. The number of nitrogens with two attached hydrogens (primary N) is 1. The van der Waals surface area contributed by atoms with Crippen LogP contribution in [0.15, 0.2) is 172 Å². The van der Waals surface area contributed by atoms with Gasteiger partial charge in [0.2, 0.25) is 5.91 Å². The van der Waals surface area contributed by atoms with Crippen molar-refractivity contribution in [2.45, 2.75) is 47.0 Å². The molecule has 23 heteroatoms. The molecule has 0 bridgehead atoms. The lowest BCUT2D eigenvalue weighted by Crippen LogP contribution is -2.32. The highest BCUT2D eigenvalue weighted by molar-refractivity contribution is 8.13. The fourth-order valence-electron chi connectivity index (χ4n) is 6.70. The van der Waals surface area contributed by atoms with Crippen LogP contribution in [-0.4, -0.2) is 77.8 Å². The molecule has 386 valence electrons. The smallest absolute Gasteiger partial charge is 0.330 e. The van der Waals surface area contributed by atoms with Crippen molar-refractivity contribution in [3.8, 4) is 0 Å². The van der Waals surface area contributed by atoms with Crippen LogP contribution in [0, 0.1) is 0 Å². The molecule has 1 unspecified atom stereocenters. The number of aliphatic hydroxyl groups excluding tert-OH is 3. The Kier molecular flexibility index (Phi) is 21.9. The first-order valence-electron chi connectivity index (χ1n) is 21.3. The van der Waals surface area contributed by atoms with Crippen molar-refractivity contribution in [1.29, 1.82) is 0 Å². The van der Waals surface area contributed by atoms with E-state index in [1.165, 1.54) is 50.6 Å². The number of aliphatic hydroxyl groups is 3. The number of nitrogens with zero attached hydrogens (tertiary/aromatic N) is 1. The van der Waals surface area contributed by atoms with Crippen LogP contribution in [-0.2, 0) is 72.8 Å². The second kappa shape index (κ2) is 27.4. The van der Waals surface area contributed by atoms with Gasteiger partial charge in [0.1, 0.15) is 0 Å². The Bertz CT molecular complexity index is 3280. The van der Waals surface area contributed by atoms with Crippen molar-refractivity contribution in [3.63, 3.8) is 0 Å². The number of ether oxygens (including phenoxy) is 2. The van der Waals surface area contributed by atoms with Gasteiger partial charge in [-0.05, 0) is 100 Å². The van der Waals surface area contributed by atoms with Crippen molar-refractivity contribution >= 4 is 86.8 Å². The first-order chi connectivity index (χ1) is 34.7. The number of fused-ring (bicyclic) bond motifs is 1. The maximum Gasteiger partial charge on any atom is 0.330 e. The van der Waals surface area contributed by atoms with Crippen LogP contribution in [0.3, 0.4) is 0 Å². The summed E-state index contributed by atoms with van der Waals surface area (Å²) in [5.41, 5.74) is 11.6. The molecule has 0 radical (unpaired) electrons. The Labute approximate surface area is 426 Å². The maximum atomic E-state index is 12.9. The summed E-state index contributed by atoms with van der Waals surface area (Å²) in [7, 11) is -3.81. The van der Waals surface area contributed by atoms with Gasteiger partial charge in [0, 0.05) is 34.2 Å². The molecule has 6 aromatic carbocycles. The minimum Gasteiger partial charge on any atom is -0.466 e. The number of carbonyl (C=O) groups is 3. The van der Waals surface area contributed by atoms with Crippen LogP contribution in [0.25, 0.3) is 12.2 Å². The number of halogens is 1. The number of amides is 1. The summed E-state index contributed by atoms with van der Waals surface area (Å²) in [5, 5.41) is 35.8. The fourth-order valence-corrected chi connectivity index (χ4v) is 10.9. The predicted molar refractivity (Wildman–Crippen MR) is 274 cm³/mol. The monoisotopic (exact) mass is 1080 g/mol. The molecule has 0 spiro atoms. The van der Waals surface area contributed by atoms with Crippen molar-refractivity contribution in [2.24, 2.45) is 0 Å². The zero-order chi connectivity index (χ0) is 53.8. The van der Waals surface area contributed by atoms with E-state index in [9.17, 15) is 44.7 Å². The Balaban J connectivity index is 0.000000222. The maximum absolute atomic E-state index is 12.9. The van der Waals surface area contributed by atoms with E-state index in [1.807, 2.05) is 12.1 Å². The molecule has 1 aliphatic heterocycles. The van der Waals surface area contributed by atoms with E-state index in [4.69, 9.17) is 31.8 Å². The Morgan fingerprint density at radius 2 is 1.16 bits per heavy atom. The molecule has 8 N–H and O–H groups in total. The van der Waals surface area contributed by atoms with Crippen LogP contribution in [0.1, 0.15) is 45.8 Å². The van der Waals surface area contributed by atoms with Gasteiger partial charge in [0.25, 0.3) is 29.1 Å². The molecule has 19 nitrogen and oxygen atoms in total. The lowest BCUT2D eigenvalue weighted by atomic mass is 10.0. The number of methoxy groups -OCH3 is 2. The molecular formula is C50H51ClN4O15S3. The second-order valence-electron chi connectivity index (χ2n) is 15.0. The van der Waals surface area contributed by atoms with Crippen LogP contribution >= 0.6 is 10.7 Å². The van der Waals surface area contributed by atoms with Gasteiger partial charge in [-0.3, -0.25) is 19.0 Å². The summed E-state index contributed by atoms with van der Waals surface area (Å²) in [4.78, 5) is 33.8. The van der Waals surface area contributed by atoms with E-state index in [2.05, 4.69) is 14.2 Å². The van der Waals surface area contributed by atoms with Crippen LogP contribution < -0.4 is 20.2 Å². The molecule has 0 aliphatic carbocycles. The van der Waals surface area contributed by atoms with Gasteiger partial charge in [0.15, 0.2) is 0 Å². The zero-order valence-corrected chi connectivity index (χ0v) is 42.2. The molecule has 0 saturated heterocycles. The summed E-state index contributed by atoms with van der Waals surface area (Å²) < 4.78 is 86.0. The number of hydrogen-bond donors (Lipinski definition) is 7. The van der Waals surface area contributed by atoms with Gasteiger partial charge < -0.3 is 30.5 Å². The molecule has 1 atom stereocenters. The van der Waals surface area contributed by atoms with Gasteiger partial charge in [-0.2, -0.15) is 0 Å². The minimum atomic E-state index is -3.86. The number of sulfonamides is 2.